The lowest BCUT2D eigenvalue weighted by Gasteiger charge is -2.30. The second kappa shape index (κ2) is 4.87. The van der Waals surface area contributed by atoms with E-state index in [1.807, 2.05) is 0 Å². The summed E-state index contributed by atoms with van der Waals surface area (Å²) in [6.45, 7) is 6.24. The Bertz CT molecular complexity index is 860. The van der Waals surface area contributed by atoms with Crippen LogP contribution >= 0.6 is 0 Å². The topological polar surface area (TPSA) is 21.1 Å². The van der Waals surface area contributed by atoms with Gasteiger partial charge in [-0.1, -0.05) is 24.3 Å². The summed E-state index contributed by atoms with van der Waals surface area (Å²) in [5.74, 6) is 1.13. The van der Waals surface area contributed by atoms with E-state index >= 15 is 0 Å². The van der Waals surface area contributed by atoms with Gasteiger partial charge in [0.2, 0.25) is 0 Å². The molecule has 4 rings (SSSR count). The van der Waals surface area contributed by atoms with Crippen molar-refractivity contribution in [3.8, 4) is 0 Å². The average molecular weight is 291 g/mol. The van der Waals surface area contributed by atoms with Crippen molar-refractivity contribution >= 4 is 16.7 Å². The maximum absolute atomic E-state index is 4.86. The lowest BCUT2D eigenvalue weighted by molar-refractivity contribution is 0.723. The molecule has 22 heavy (non-hydrogen) atoms. The van der Waals surface area contributed by atoms with Crippen LogP contribution in [0.3, 0.4) is 0 Å². The fourth-order valence-electron chi connectivity index (χ4n) is 3.48. The number of pyridine rings is 1. The average Bonchev–Trinajstić information content (AvgIpc) is 2.81. The van der Waals surface area contributed by atoms with Crippen LogP contribution in [0, 0.1) is 13.8 Å². The van der Waals surface area contributed by atoms with E-state index in [0.717, 1.165) is 31.0 Å². The van der Waals surface area contributed by atoms with Crippen molar-refractivity contribution in [2.24, 2.45) is 7.05 Å². The van der Waals surface area contributed by atoms with Gasteiger partial charge in [-0.25, -0.2) is 4.98 Å². The van der Waals surface area contributed by atoms with Crippen molar-refractivity contribution in [1.29, 1.82) is 0 Å². The SMILES string of the molecule is Cc1cc2c(cc(C)n2C)c(N2CCc3ccccc3C2)n1. The highest BCUT2D eigenvalue weighted by molar-refractivity contribution is 5.92. The number of fused-ring (bicyclic) bond motifs is 2. The van der Waals surface area contributed by atoms with Crippen molar-refractivity contribution in [2.75, 3.05) is 11.4 Å². The van der Waals surface area contributed by atoms with Crippen molar-refractivity contribution in [2.45, 2.75) is 26.8 Å². The minimum absolute atomic E-state index is 0.954. The summed E-state index contributed by atoms with van der Waals surface area (Å²) in [6.07, 6.45) is 1.10. The van der Waals surface area contributed by atoms with E-state index in [4.69, 9.17) is 4.98 Å². The van der Waals surface area contributed by atoms with Gasteiger partial charge in [0.15, 0.2) is 0 Å². The van der Waals surface area contributed by atoms with Gasteiger partial charge in [0, 0.05) is 36.9 Å². The van der Waals surface area contributed by atoms with Crippen LogP contribution in [0.25, 0.3) is 10.9 Å². The molecule has 0 unspecified atom stereocenters. The van der Waals surface area contributed by atoms with Crippen LogP contribution < -0.4 is 4.90 Å². The van der Waals surface area contributed by atoms with Gasteiger partial charge in [0.1, 0.15) is 5.82 Å². The van der Waals surface area contributed by atoms with Crippen LogP contribution in [-0.4, -0.2) is 16.1 Å². The number of aryl methyl sites for hydroxylation is 3. The molecule has 0 atom stereocenters. The molecule has 0 saturated carbocycles. The van der Waals surface area contributed by atoms with E-state index in [1.165, 1.54) is 27.7 Å². The van der Waals surface area contributed by atoms with Crippen LogP contribution in [0.15, 0.2) is 36.4 Å². The number of benzene rings is 1. The maximum Gasteiger partial charge on any atom is 0.138 e. The zero-order chi connectivity index (χ0) is 15.3. The lowest BCUT2D eigenvalue weighted by Crippen LogP contribution is -2.31. The van der Waals surface area contributed by atoms with Crippen LogP contribution in [-0.2, 0) is 20.0 Å². The Hall–Kier alpha value is -2.29. The van der Waals surface area contributed by atoms with Crippen molar-refractivity contribution < 1.29 is 0 Å². The Balaban J connectivity index is 1.84. The van der Waals surface area contributed by atoms with Crippen LogP contribution in [0.2, 0.25) is 0 Å². The molecule has 1 aliphatic rings. The molecule has 0 N–H and O–H groups in total. The number of rotatable bonds is 1. The predicted molar refractivity (Wildman–Crippen MR) is 91.4 cm³/mol. The van der Waals surface area contributed by atoms with Gasteiger partial charge in [-0.2, -0.15) is 0 Å². The van der Waals surface area contributed by atoms with E-state index in [-0.39, 0.29) is 0 Å². The van der Waals surface area contributed by atoms with E-state index in [2.05, 4.69) is 66.8 Å². The van der Waals surface area contributed by atoms with Crippen molar-refractivity contribution in [3.63, 3.8) is 0 Å². The molecule has 0 saturated heterocycles. The Kier molecular flexibility index (Phi) is 2.96. The summed E-state index contributed by atoms with van der Waals surface area (Å²) in [5.41, 5.74) is 6.55. The third-order valence-corrected chi connectivity index (χ3v) is 4.82. The van der Waals surface area contributed by atoms with Gasteiger partial charge in [0.05, 0.1) is 5.52 Å². The summed E-state index contributed by atoms with van der Waals surface area (Å²) in [5, 5.41) is 1.27. The molecular formula is C19H21N3. The highest BCUT2D eigenvalue weighted by Crippen LogP contribution is 2.31. The molecule has 0 fully saturated rings. The first kappa shape index (κ1) is 13.4. The summed E-state index contributed by atoms with van der Waals surface area (Å²) in [4.78, 5) is 7.29. The molecule has 0 amide bonds. The molecule has 3 heterocycles. The highest BCUT2D eigenvalue weighted by Gasteiger charge is 2.20. The van der Waals surface area contributed by atoms with E-state index < -0.39 is 0 Å². The first-order chi connectivity index (χ1) is 10.6. The molecule has 1 aromatic carbocycles. The molecule has 1 aliphatic heterocycles. The van der Waals surface area contributed by atoms with Gasteiger partial charge in [-0.3, -0.25) is 0 Å². The summed E-state index contributed by atoms with van der Waals surface area (Å²) in [6, 6.07) is 13.2. The quantitative estimate of drug-likeness (QED) is 0.681. The van der Waals surface area contributed by atoms with Crippen molar-refractivity contribution in [1.82, 2.24) is 9.55 Å². The molecule has 2 aromatic heterocycles. The van der Waals surface area contributed by atoms with Gasteiger partial charge in [0.25, 0.3) is 0 Å². The molecular weight excluding hydrogens is 270 g/mol. The lowest BCUT2D eigenvalue weighted by atomic mass is 10.00. The molecule has 0 spiro atoms. The second-order valence-corrected chi connectivity index (χ2v) is 6.31. The Labute approximate surface area is 131 Å². The van der Waals surface area contributed by atoms with E-state index in [0.29, 0.717) is 0 Å². The minimum atomic E-state index is 0.954. The number of nitrogens with zero attached hydrogens (tertiary/aromatic N) is 3. The van der Waals surface area contributed by atoms with Crippen LogP contribution in [0.1, 0.15) is 22.5 Å². The third-order valence-electron chi connectivity index (χ3n) is 4.82. The van der Waals surface area contributed by atoms with E-state index in [1.54, 1.807) is 0 Å². The van der Waals surface area contributed by atoms with Crippen LogP contribution in [0.4, 0.5) is 5.82 Å². The van der Waals surface area contributed by atoms with Gasteiger partial charge in [-0.15, -0.1) is 0 Å². The normalized spacial score (nSPS) is 14.4. The minimum Gasteiger partial charge on any atom is -0.351 e. The fraction of sp³-hybridized carbons (Fsp3) is 0.316. The Morgan fingerprint density at radius 2 is 1.82 bits per heavy atom. The number of hydrogen-bond acceptors (Lipinski definition) is 2. The monoisotopic (exact) mass is 291 g/mol. The first-order valence-corrected chi connectivity index (χ1v) is 7.89. The van der Waals surface area contributed by atoms with Crippen LogP contribution in [0.5, 0.6) is 0 Å². The summed E-state index contributed by atoms with van der Waals surface area (Å²) < 4.78 is 2.26. The van der Waals surface area contributed by atoms with Gasteiger partial charge >= 0.3 is 0 Å². The van der Waals surface area contributed by atoms with Gasteiger partial charge < -0.3 is 9.47 Å². The highest BCUT2D eigenvalue weighted by atomic mass is 15.2. The Morgan fingerprint density at radius 3 is 2.64 bits per heavy atom. The largest absolute Gasteiger partial charge is 0.351 e. The molecule has 0 radical (unpaired) electrons. The third kappa shape index (κ3) is 2.00. The zero-order valence-corrected chi connectivity index (χ0v) is 13.4. The number of aromatic nitrogens is 2. The number of hydrogen-bond donors (Lipinski definition) is 0. The summed E-state index contributed by atoms with van der Waals surface area (Å²) >= 11 is 0. The maximum atomic E-state index is 4.86. The zero-order valence-electron chi connectivity index (χ0n) is 13.4. The predicted octanol–water partition coefficient (Wildman–Crippen LogP) is 3.75. The molecule has 0 aliphatic carbocycles. The summed E-state index contributed by atoms with van der Waals surface area (Å²) in [7, 11) is 2.13. The van der Waals surface area contributed by atoms with Crippen molar-refractivity contribution in [3.05, 3.63) is 58.9 Å². The fourth-order valence-corrected chi connectivity index (χ4v) is 3.48. The molecule has 112 valence electrons. The van der Waals surface area contributed by atoms with Gasteiger partial charge in [-0.05, 0) is 43.5 Å². The smallest absolute Gasteiger partial charge is 0.138 e. The molecule has 3 heteroatoms. The molecule has 0 bridgehead atoms. The standard InChI is InChI=1S/C19H21N3/c1-13-10-18-17(11-14(2)21(18)3)19(20-13)22-9-8-15-6-4-5-7-16(15)12-22/h4-7,10-11H,8-9,12H2,1-3H3. The molecule has 3 aromatic rings. The Morgan fingerprint density at radius 1 is 1.05 bits per heavy atom. The second-order valence-electron chi connectivity index (χ2n) is 6.31. The first-order valence-electron chi connectivity index (χ1n) is 7.89. The number of anilines is 1. The van der Waals surface area contributed by atoms with E-state index in [9.17, 15) is 0 Å². The molecule has 3 nitrogen and oxygen atoms in total.